The molecule has 0 unspecified atom stereocenters. The van der Waals surface area contributed by atoms with Crippen LogP contribution in [0.15, 0.2) is 57.6 Å². The lowest BCUT2D eigenvalue weighted by molar-refractivity contribution is -0.132. The number of ether oxygens (including phenoxy) is 1. The Labute approximate surface area is 160 Å². The standard InChI is InChI=1S/C19H16ClFN4O2/c1-11(19(26)27-2)24-25-17-10-22-18(13-5-3-4-6-15(13)20)14-9-12(21)7-8-16(14)23-17/h3-9H,10H2,1-2H3,(H,23,25). The normalized spacial score (nSPS) is 13.9. The number of fused-ring (bicyclic) bond motifs is 1. The third kappa shape index (κ3) is 4.20. The number of carbonyl (C=O) groups excluding carboxylic acids is 1. The number of halogens is 2. The molecule has 2 aromatic rings. The van der Waals surface area contributed by atoms with E-state index in [2.05, 4.69) is 25.2 Å². The van der Waals surface area contributed by atoms with Gasteiger partial charge < -0.3 is 4.74 Å². The lowest BCUT2D eigenvalue weighted by atomic mass is 10.0. The molecule has 0 aromatic heterocycles. The summed E-state index contributed by atoms with van der Waals surface area (Å²) in [5.74, 6) is -0.563. The van der Waals surface area contributed by atoms with Crippen LogP contribution in [0.4, 0.5) is 10.1 Å². The minimum atomic E-state index is -0.556. The van der Waals surface area contributed by atoms with E-state index in [1.165, 1.54) is 26.2 Å². The molecule has 1 aliphatic heterocycles. The average Bonchev–Trinajstić information content (AvgIpc) is 2.85. The molecule has 0 amide bonds. The van der Waals surface area contributed by atoms with Crippen LogP contribution in [0.3, 0.4) is 0 Å². The second kappa shape index (κ2) is 8.09. The molecule has 6 nitrogen and oxygen atoms in total. The molecule has 0 spiro atoms. The Morgan fingerprint density at radius 2 is 2.04 bits per heavy atom. The molecule has 0 bridgehead atoms. The fourth-order valence-electron chi connectivity index (χ4n) is 2.50. The van der Waals surface area contributed by atoms with Gasteiger partial charge in [0.05, 0.1) is 25.1 Å². The SMILES string of the molecule is COC(=O)C(C)=NNC1=Nc2ccc(F)cc2C(c2ccccc2Cl)=NC1. The van der Waals surface area contributed by atoms with Crippen LogP contribution in [0.5, 0.6) is 0 Å². The van der Waals surface area contributed by atoms with Crippen LogP contribution in [0.1, 0.15) is 18.1 Å². The van der Waals surface area contributed by atoms with Gasteiger partial charge in [0.15, 0.2) is 0 Å². The van der Waals surface area contributed by atoms with Crippen molar-refractivity contribution in [2.45, 2.75) is 6.92 Å². The second-order valence-electron chi connectivity index (χ2n) is 5.67. The van der Waals surface area contributed by atoms with E-state index in [0.29, 0.717) is 33.4 Å². The first-order chi connectivity index (χ1) is 13.0. The van der Waals surface area contributed by atoms with Crippen LogP contribution >= 0.6 is 11.6 Å². The molecule has 1 aliphatic rings. The van der Waals surface area contributed by atoms with E-state index in [4.69, 9.17) is 11.6 Å². The largest absolute Gasteiger partial charge is 0.464 e. The quantitative estimate of drug-likeness (QED) is 0.498. The first-order valence-electron chi connectivity index (χ1n) is 8.05. The zero-order valence-electron chi connectivity index (χ0n) is 14.7. The summed E-state index contributed by atoms with van der Waals surface area (Å²) >= 11 is 6.31. The van der Waals surface area contributed by atoms with E-state index in [1.807, 2.05) is 18.2 Å². The minimum absolute atomic E-state index is 0.138. The molecule has 3 rings (SSSR count). The smallest absolute Gasteiger partial charge is 0.353 e. The van der Waals surface area contributed by atoms with Crippen molar-refractivity contribution in [1.29, 1.82) is 0 Å². The Bertz CT molecular complexity index is 985. The van der Waals surface area contributed by atoms with Gasteiger partial charge in [-0.3, -0.25) is 10.4 Å². The van der Waals surface area contributed by atoms with E-state index in [9.17, 15) is 9.18 Å². The number of amidine groups is 1. The number of hydrazone groups is 1. The first kappa shape index (κ1) is 18.7. The van der Waals surface area contributed by atoms with E-state index in [1.54, 1.807) is 12.1 Å². The summed E-state index contributed by atoms with van der Waals surface area (Å²) in [4.78, 5) is 20.5. The van der Waals surface area contributed by atoms with Crippen LogP contribution in [0.25, 0.3) is 0 Å². The molecule has 0 saturated heterocycles. The fourth-order valence-corrected chi connectivity index (χ4v) is 2.73. The van der Waals surface area contributed by atoms with Crippen molar-refractivity contribution < 1.29 is 13.9 Å². The van der Waals surface area contributed by atoms with E-state index in [-0.39, 0.29) is 12.3 Å². The lowest BCUT2D eigenvalue weighted by Crippen LogP contribution is -2.24. The number of nitrogens with zero attached hydrogens (tertiary/aromatic N) is 3. The van der Waals surface area contributed by atoms with Gasteiger partial charge in [0.2, 0.25) is 0 Å². The first-order valence-corrected chi connectivity index (χ1v) is 8.43. The summed E-state index contributed by atoms with van der Waals surface area (Å²) in [6.45, 7) is 1.66. The van der Waals surface area contributed by atoms with Crippen molar-refractivity contribution in [3.05, 3.63) is 64.4 Å². The molecule has 0 aliphatic carbocycles. The Morgan fingerprint density at radius 3 is 2.78 bits per heavy atom. The van der Waals surface area contributed by atoms with E-state index in [0.717, 1.165) is 0 Å². The minimum Gasteiger partial charge on any atom is -0.464 e. The molecule has 2 aromatic carbocycles. The highest BCUT2D eigenvalue weighted by molar-refractivity contribution is 6.36. The van der Waals surface area contributed by atoms with Gasteiger partial charge in [-0.05, 0) is 31.2 Å². The van der Waals surface area contributed by atoms with Gasteiger partial charge in [-0.2, -0.15) is 5.10 Å². The molecule has 1 N–H and O–H groups in total. The summed E-state index contributed by atoms with van der Waals surface area (Å²) < 4.78 is 18.5. The number of nitrogens with one attached hydrogen (secondary N) is 1. The number of rotatable bonds is 3. The Hall–Kier alpha value is -3.06. The van der Waals surface area contributed by atoms with Crippen molar-refractivity contribution in [3.63, 3.8) is 0 Å². The van der Waals surface area contributed by atoms with Crippen LogP contribution in [0.2, 0.25) is 5.02 Å². The number of benzene rings is 2. The van der Waals surface area contributed by atoms with Crippen molar-refractivity contribution in [2.24, 2.45) is 15.1 Å². The van der Waals surface area contributed by atoms with Gasteiger partial charge in [0.25, 0.3) is 0 Å². The number of carbonyl (C=O) groups is 1. The second-order valence-corrected chi connectivity index (χ2v) is 6.07. The molecular weight excluding hydrogens is 371 g/mol. The summed E-state index contributed by atoms with van der Waals surface area (Å²) in [6, 6.07) is 11.4. The highest BCUT2D eigenvalue weighted by Crippen LogP contribution is 2.28. The van der Waals surface area contributed by atoms with Crippen LogP contribution in [0, 0.1) is 5.82 Å². The molecule has 27 heavy (non-hydrogen) atoms. The van der Waals surface area contributed by atoms with Crippen LogP contribution in [-0.2, 0) is 9.53 Å². The summed E-state index contributed by atoms with van der Waals surface area (Å²) in [5, 5.41) is 4.46. The zero-order chi connectivity index (χ0) is 19.4. The Morgan fingerprint density at radius 1 is 1.26 bits per heavy atom. The molecule has 1 heterocycles. The summed E-state index contributed by atoms with van der Waals surface area (Å²) in [5.41, 5.74) is 5.11. The average molecular weight is 387 g/mol. The predicted octanol–water partition coefficient (Wildman–Crippen LogP) is 3.50. The number of hydrogen-bond donors (Lipinski definition) is 1. The number of esters is 1. The Balaban J connectivity index is 2.02. The summed E-state index contributed by atoms with van der Waals surface area (Å²) in [7, 11) is 1.27. The maximum Gasteiger partial charge on any atom is 0.353 e. The molecule has 8 heteroatoms. The molecular formula is C19H16ClFN4O2. The van der Waals surface area contributed by atoms with Crippen molar-refractivity contribution in [2.75, 3.05) is 13.7 Å². The maximum atomic E-state index is 13.9. The topological polar surface area (TPSA) is 75.4 Å². The van der Waals surface area contributed by atoms with Gasteiger partial charge in [0, 0.05) is 16.1 Å². The number of hydrogen-bond acceptors (Lipinski definition) is 6. The molecule has 0 saturated carbocycles. The van der Waals surface area contributed by atoms with Gasteiger partial charge >= 0.3 is 5.97 Å². The van der Waals surface area contributed by atoms with Crippen LogP contribution < -0.4 is 5.43 Å². The van der Waals surface area contributed by atoms with Gasteiger partial charge in [0.1, 0.15) is 17.4 Å². The number of methoxy groups -OCH3 is 1. The number of aliphatic imine (C=N–C) groups is 2. The van der Waals surface area contributed by atoms with Gasteiger partial charge in [-0.1, -0.05) is 29.8 Å². The van der Waals surface area contributed by atoms with E-state index < -0.39 is 11.8 Å². The highest BCUT2D eigenvalue weighted by Gasteiger charge is 2.19. The molecule has 0 atom stereocenters. The lowest BCUT2D eigenvalue weighted by Gasteiger charge is -2.10. The fraction of sp³-hybridized carbons (Fsp3) is 0.158. The van der Waals surface area contributed by atoms with Gasteiger partial charge in [-0.25, -0.2) is 14.2 Å². The third-order valence-electron chi connectivity index (χ3n) is 3.82. The van der Waals surface area contributed by atoms with Crippen LogP contribution in [-0.4, -0.2) is 36.9 Å². The highest BCUT2D eigenvalue weighted by atomic mass is 35.5. The van der Waals surface area contributed by atoms with Crippen molar-refractivity contribution in [3.8, 4) is 0 Å². The van der Waals surface area contributed by atoms with E-state index >= 15 is 0 Å². The monoisotopic (exact) mass is 386 g/mol. The van der Waals surface area contributed by atoms with Crippen molar-refractivity contribution >= 4 is 40.5 Å². The molecule has 0 fully saturated rings. The summed E-state index contributed by atoms with van der Waals surface area (Å²) in [6.07, 6.45) is 0. The molecule has 138 valence electrons. The zero-order valence-corrected chi connectivity index (χ0v) is 15.4. The third-order valence-corrected chi connectivity index (χ3v) is 4.15. The maximum absolute atomic E-state index is 13.9. The van der Waals surface area contributed by atoms with Gasteiger partial charge in [-0.15, -0.1) is 0 Å². The predicted molar refractivity (Wildman–Crippen MR) is 104 cm³/mol. The van der Waals surface area contributed by atoms with Crippen molar-refractivity contribution in [1.82, 2.24) is 5.43 Å². The Kier molecular flexibility index (Phi) is 5.61. The molecule has 0 radical (unpaired) electrons.